The molecule has 0 aliphatic carbocycles. The van der Waals surface area contributed by atoms with Gasteiger partial charge >= 0.3 is 0 Å². The van der Waals surface area contributed by atoms with E-state index in [2.05, 4.69) is 9.71 Å². The van der Waals surface area contributed by atoms with Crippen LogP contribution in [-0.4, -0.2) is 37.5 Å². The number of nitrogens with two attached hydrogens (primary N) is 1. The van der Waals surface area contributed by atoms with Crippen LogP contribution in [0.25, 0.3) is 0 Å². The van der Waals surface area contributed by atoms with Gasteiger partial charge in [-0.05, 0) is 41.7 Å². The zero-order valence-electron chi connectivity index (χ0n) is 15.6. The van der Waals surface area contributed by atoms with Crippen LogP contribution in [-0.2, 0) is 28.0 Å². The summed E-state index contributed by atoms with van der Waals surface area (Å²) in [4.78, 5) is 10.0. The van der Waals surface area contributed by atoms with Gasteiger partial charge in [0, 0.05) is 31.4 Å². The average molecular weight is 391 g/mol. The highest BCUT2D eigenvalue weighted by atomic mass is 32.2. The topological polar surface area (TPSA) is 97.6 Å². The van der Waals surface area contributed by atoms with E-state index in [4.69, 9.17) is 10.6 Å². The lowest BCUT2D eigenvalue weighted by atomic mass is 9.90. The van der Waals surface area contributed by atoms with Gasteiger partial charge in [0.1, 0.15) is 6.23 Å². The first kappa shape index (κ1) is 19.9. The second-order valence-corrected chi connectivity index (χ2v) is 8.83. The van der Waals surface area contributed by atoms with Gasteiger partial charge in [-0.3, -0.25) is 9.82 Å². The molecule has 2 atom stereocenters. The van der Waals surface area contributed by atoms with E-state index in [9.17, 15) is 8.42 Å². The molecular weight excluding hydrogens is 364 g/mol. The van der Waals surface area contributed by atoms with Gasteiger partial charge in [-0.1, -0.05) is 24.3 Å². The van der Waals surface area contributed by atoms with Crippen molar-refractivity contribution in [2.75, 3.05) is 12.8 Å². The smallest absolute Gasteiger partial charge is 0.209 e. The number of hydrogen-bond acceptors (Lipinski definition) is 6. The minimum atomic E-state index is -3.25. The Labute approximate surface area is 160 Å². The SMILES string of the molecule is Cc1ccncc1CN1C[C@@H](c2ccccc2CNS(C)(=O)=O)C[C@H](N)O1. The lowest BCUT2D eigenvalue weighted by Crippen LogP contribution is -2.44. The average Bonchev–Trinajstić information content (AvgIpc) is 2.61. The molecule has 27 heavy (non-hydrogen) atoms. The molecule has 0 radical (unpaired) electrons. The molecule has 0 amide bonds. The molecule has 1 aliphatic rings. The highest BCUT2D eigenvalue weighted by molar-refractivity contribution is 7.88. The van der Waals surface area contributed by atoms with Crippen molar-refractivity contribution in [3.8, 4) is 0 Å². The number of hydrogen-bond donors (Lipinski definition) is 2. The van der Waals surface area contributed by atoms with Gasteiger partial charge < -0.3 is 5.73 Å². The number of hydroxylamine groups is 2. The predicted octanol–water partition coefficient (Wildman–Crippen LogP) is 1.65. The van der Waals surface area contributed by atoms with Crippen LogP contribution in [0.4, 0.5) is 0 Å². The fourth-order valence-corrected chi connectivity index (χ4v) is 3.78. The molecule has 0 unspecified atom stereocenters. The number of pyridine rings is 1. The lowest BCUT2D eigenvalue weighted by Gasteiger charge is -2.36. The van der Waals surface area contributed by atoms with Crippen molar-refractivity contribution >= 4 is 10.0 Å². The minimum absolute atomic E-state index is 0.156. The number of sulfonamides is 1. The van der Waals surface area contributed by atoms with E-state index in [0.29, 0.717) is 19.5 Å². The summed E-state index contributed by atoms with van der Waals surface area (Å²) in [6, 6.07) is 9.84. The largest absolute Gasteiger partial charge is 0.304 e. The van der Waals surface area contributed by atoms with Crippen LogP contribution in [0.2, 0.25) is 0 Å². The van der Waals surface area contributed by atoms with Gasteiger partial charge in [-0.2, -0.15) is 5.06 Å². The Balaban J connectivity index is 1.77. The summed E-state index contributed by atoms with van der Waals surface area (Å²) < 4.78 is 25.5. The molecule has 146 valence electrons. The second-order valence-electron chi connectivity index (χ2n) is 6.99. The molecule has 1 aromatic carbocycles. The fourth-order valence-electron chi connectivity index (χ4n) is 3.36. The summed E-state index contributed by atoms with van der Waals surface area (Å²) in [6.07, 6.45) is 5.06. The summed E-state index contributed by atoms with van der Waals surface area (Å²) in [6.45, 7) is 3.60. The minimum Gasteiger partial charge on any atom is -0.304 e. The molecule has 1 saturated heterocycles. The van der Waals surface area contributed by atoms with Crippen molar-refractivity contribution in [2.24, 2.45) is 5.73 Å². The number of benzene rings is 1. The van der Waals surface area contributed by atoms with E-state index in [1.54, 1.807) is 6.20 Å². The molecule has 1 aromatic heterocycles. The van der Waals surface area contributed by atoms with E-state index >= 15 is 0 Å². The Morgan fingerprint density at radius 3 is 2.81 bits per heavy atom. The molecular formula is C19H26N4O3S. The van der Waals surface area contributed by atoms with Gasteiger partial charge in [-0.15, -0.1) is 0 Å². The number of nitrogens with zero attached hydrogens (tertiary/aromatic N) is 2. The quantitative estimate of drug-likeness (QED) is 0.778. The monoisotopic (exact) mass is 390 g/mol. The van der Waals surface area contributed by atoms with Gasteiger partial charge in [0.25, 0.3) is 0 Å². The second kappa shape index (κ2) is 8.45. The van der Waals surface area contributed by atoms with Crippen LogP contribution in [0.15, 0.2) is 42.7 Å². The first-order valence-electron chi connectivity index (χ1n) is 8.91. The molecule has 7 nitrogen and oxygen atoms in total. The van der Waals surface area contributed by atoms with Crippen LogP contribution < -0.4 is 10.5 Å². The third-order valence-electron chi connectivity index (χ3n) is 4.74. The van der Waals surface area contributed by atoms with Crippen molar-refractivity contribution in [3.63, 3.8) is 0 Å². The normalized spacial score (nSPS) is 21.3. The van der Waals surface area contributed by atoms with Gasteiger partial charge in [0.05, 0.1) is 12.8 Å². The maximum Gasteiger partial charge on any atom is 0.209 e. The molecule has 1 aliphatic heterocycles. The Hall–Kier alpha value is -1.84. The van der Waals surface area contributed by atoms with E-state index in [1.165, 1.54) is 0 Å². The van der Waals surface area contributed by atoms with E-state index in [-0.39, 0.29) is 12.5 Å². The molecule has 1 fully saturated rings. The standard InChI is InChI=1S/C19H26N4O3S/c1-14-7-8-21-10-17(14)13-23-12-16(9-19(20)26-23)18-6-4-3-5-15(18)11-22-27(2,24)25/h3-8,10,16,19,22H,9,11-13,20H2,1-2H3/t16-,19+/m0/s1. The van der Waals surface area contributed by atoms with E-state index in [1.807, 2.05) is 48.5 Å². The molecule has 3 N–H and O–H groups in total. The maximum absolute atomic E-state index is 11.5. The molecule has 0 spiro atoms. The number of rotatable bonds is 6. The molecule has 3 rings (SSSR count). The highest BCUT2D eigenvalue weighted by Gasteiger charge is 2.29. The number of aromatic nitrogens is 1. The van der Waals surface area contributed by atoms with Gasteiger partial charge in [0.2, 0.25) is 10.0 Å². The van der Waals surface area contributed by atoms with Crippen LogP contribution in [0.5, 0.6) is 0 Å². The Morgan fingerprint density at radius 1 is 1.30 bits per heavy atom. The zero-order chi connectivity index (χ0) is 19.4. The summed E-state index contributed by atoms with van der Waals surface area (Å²) in [5, 5.41) is 1.88. The van der Waals surface area contributed by atoms with Crippen LogP contribution >= 0.6 is 0 Å². The third kappa shape index (κ3) is 5.57. The van der Waals surface area contributed by atoms with Crippen LogP contribution in [0.3, 0.4) is 0 Å². The summed E-state index contributed by atoms with van der Waals surface area (Å²) in [5.41, 5.74) is 10.5. The van der Waals surface area contributed by atoms with Gasteiger partial charge in [-0.25, -0.2) is 13.1 Å². The van der Waals surface area contributed by atoms with Crippen molar-refractivity contribution in [1.29, 1.82) is 0 Å². The zero-order valence-corrected chi connectivity index (χ0v) is 16.4. The van der Waals surface area contributed by atoms with E-state index in [0.717, 1.165) is 28.5 Å². The Bertz CT molecular complexity index is 888. The summed E-state index contributed by atoms with van der Waals surface area (Å²) >= 11 is 0. The van der Waals surface area contributed by atoms with Crippen molar-refractivity contribution in [2.45, 2.75) is 38.6 Å². The molecule has 0 bridgehead atoms. The molecule has 2 heterocycles. The Morgan fingerprint density at radius 2 is 2.07 bits per heavy atom. The molecule has 2 aromatic rings. The predicted molar refractivity (Wildman–Crippen MR) is 104 cm³/mol. The Kier molecular flexibility index (Phi) is 6.23. The van der Waals surface area contributed by atoms with Crippen LogP contribution in [0.1, 0.15) is 34.6 Å². The summed E-state index contributed by atoms with van der Waals surface area (Å²) in [5.74, 6) is 0.156. The fraction of sp³-hybridized carbons (Fsp3) is 0.421. The van der Waals surface area contributed by atoms with Crippen molar-refractivity contribution in [3.05, 3.63) is 65.0 Å². The van der Waals surface area contributed by atoms with Crippen molar-refractivity contribution < 1.29 is 13.3 Å². The first-order valence-corrected chi connectivity index (χ1v) is 10.8. The third-order valence-corrected chi connectivity index (χ3v) is 5.41. The molecule has 8 heteroatoms. The maximum atomic E-state index is 11.5. The number of nitrogens with one attached hydrogen (secondary N) is 1. The highest BCUT2D eigenvalue weighted by Crippen LogP contribution is 2.30. The number of aryl methyl sites for hydroxylation is 1. The van der Waals surface area contributed by atoms with E-state index < -0.39 is 16.3 Å². The van der Waals surface area contributed by atoms with Gasteiger partial charge in [0.15, 0.2) is 0 Å². The first-order chi connectivity index (χ1) is 12.8. The lowest BCUT2D eigenvalue weighted by molar-refractivity contribution is -0.231. The molecule has 0 saturated carbocycles. The van der Waals surface area contributed by atoms with Crippen molar-refractivity contribution in [1.82, 2.24) is 14.8 Å². The van der Waals surface area contributed by atoms with Crippen LogP contribution in [0, 0.1) is 6.92 Å². The summed E-state index contributed by atoms with van der Waals surface area (Å²) in [7, 11) is -3.25.